The Bertz CT molecular complexity index is 2770. The maximum Gasteiger partial charge on any atom is 0.227 e. The molecule has 0 spiro atoms. The highest BCUT2D eigenvalue weighted by atomic mass is 32.1. The number of para-hydroxylation sites is 1. The lowest BCUT2D eigenvalue weighted by molar-refractivity contribution is 0.620. The van der Waals surface area contributed by atoms with Crippen molar-refractivity contribution < 1.29 is 4.42 Å². The Morgan fingerprint density at radius 1 is 0.468 bits per heavy atom. The molecule has 0 fully saturated rings. The lowest BCUT2D eigenvalue weighted by Crippen LogP contribution is -1.93. The van der Waals surface area contributed by atoms with Crippen LogP contribution >= 0.6 is 11.3 Å². The number of benzene rings is 7. The van der Waals surface area contributed by atoms with Gasteiger partial charge in [-0.1, -0.05) is 97.1 Å². The highest BCUT2D eigenvalue weighted by molar-refractivity contribution is 7.26. The molecule has 0 N–H and O–H groups in total. The third-order valence-electron chi connectivity index (χ3n) is 9.27. The number of nitrogens with zero attached hydrogens (tertiary/aromatic N) is 2. The SMILES string of the molecule is c1ccc(-c2ccc(-n3c4ccccc4c4cc(-c5ccc(-c6nc7c(ccc8sc9ccccc9c87)o6)cc5)ccc43)cc2)cc1. The predicted molar refractivity (Wildman–Crippen MR) is 198 cm³/mol. The fourth-order valence-corrected chi connectivity index (χ4v) is 8.10. The minimum Gasteiger partial charge on any atom is -0.436 e. The molecule has 3 aromatic heterocycles. The van der Waals surface area contributed by atoms with Gasteiger partial charge in [-0.25, -0.2) is 4.98 Å². The van der Waals surface area contributed by atoms with Crippen LogP contribution in [0.3, 0.4) is 0 Å². The van der Waals surface area contributed by atoms with Crippen LogP contribution in [-0.4, -0.2) is 9.55 Å². The number of hydrogen-bond acceptors (Lipinski definition) is 3. The number of fused-ring (bicyclic) bond motifs is 8. The van der Waals surface area contributed by atoms with Crippen LogP contribution in [0.2, 0.25) is 0 Å². The molecule has 0 saturated carbocycles. The summed E-state index contributed by atoms with van der Waals surface area (Å²) in [5, 5.41) is 4.88. The number of oxazole rings is 1. The maximum atomic E-state index is 6.30. The molecule has 3 heterocycles. The third kappa shape index (κ3) is 4.16. The first-order chi connectivity index (χ1) is 23.3. The molecule has 0 atom stereocenters. The minimum atomic E-state index is 0.645. The van der Waals surface area contributed by atoms with E-state index in [2.05, 4.69) is 156 Å². The number of aromatic nitrogens is 2. The van der Waals surface area contributed by atoms with Crippen molar-refractivity contribution in [3.63, 3.8) is 0 Å². The van der Waals surface area contributed by atoms with E-state index in [4.69, 9.17) is 9.40 Å². The molecule has 7 aromatic carbocycles. The summed E-state index contributed by atoms with van der Waals surface area (Å²) in [4.78, 5) is 5.00. The van der Waals surface area contributed by atoms with Crippen LogP contribution in [0.1, 0.15) is 0 Å². The first-order valence-corrected chi connectivity index (χ1v) is 16.6. The molecule has 3 nitrogen and oxygen atoms in total. The molecule has 0 unspecified atom stereocenters. The first-order valence-electron chi connectivity index (χ1n) is 15.8. The highest BCUT2D eigenvalue weighted by Crippen LogP contribution is 2.40. The Kier molecular flexibility index (Phi) is 5.74. The molecule has 0 aliphatic heterocycles. The van der Waals surface area contributed by atoms with Gasteiger partial charge in [0.05, 0.1) is 11.0 Å². The summed E-state index contributed by atoms with van der Waals surface area (Å²) in [6.45, 7) is 0. The molecule has 0 radical (unpaired) electrons. The lowest BCUT2D eigenvalue weighted by atomic mass is 10.0. The molecule has 0 saturated heterocycles. The van der Waals surface area contributed by atoms with Crippen molar-refractivity contribution in [2.45, 2.75) is 0 Å². The Labute approximate surface area is 274 Å². The molecule has 0 aliphatic rings. The van der Waals surface area contributed by atoms with E-state index < -0.39 is 0 Å². The van der Waals surface area contributed by atoms with Gasteiger partial charge in [-0.05, 0) is 82.9 Å². The Hall–Kier alpha value is -5.97. The number of thiophene rings is 1. The molecule has 0 amide bonds. The van der Waals surface area contributed by atoms with E-state index in [1.807, 2.05) is 6.07 Å². The van der Waals surface area contributed by atoms with Crippen molar-refractivity contribution in [2.24, 2.45) is 0 Å². The van der Waals surface area contributed by atoms with Crippen molar-refractivity contribution in [1.82, 2.24) is 9.55 Å². The lowest BCUT2D eigenvalue weighted by Gasteiger charge is -2.10. The van der Waals surface area contributed by atoms with Gasteiger partial charge in [0.15, 0.2) is 5.58 Å². The number of rotatable bonds is 4. The predicted octanol–water partition coefficient (Wildman–Crippen LogP) is 12.3. The molecule has 0 bridgehead atoms. The van der Waals surface area contributed by atoms with Crippen LogP contribution in [0.25, 0.3) is 92.5 Å². The van der Waals surface area contributed by atoms with E-state index in [-0.39, 0.29) is 0 Å². The van der Waals surface area contributed by atoms with Gasteiger partial charge in [-0.15, -0.1) is 11.3 Å². The average Bonchev–Trinajstić information content (AvgIpc) is 3.84. The van der Waals surface area contributed by atoms with Crippen LogP contribution in [0.15, 0.2) is 162 Å². The van der Waals surface area contributed by atoms with Gasteiger partial charge in [0.25, 0.3) is 0 Å². The summed E-state index contributed by atoms with van der Waals surface area (Å²) in [5.74, 6) is 0.645. The molecular weight excluding hydrogens is 593 g/mol. The van der Waals surface area contributed by atoms with Crippen molar-refractivity contribution in [3.05, 3.63) is 158 Å². The molecule has 4 heteroatoms. The minimum absolute atomic E-state index is 0.645. The average molecular weight is 619 g/mol. The van der Waals surface area contributed by atoms with Gasteiger partial charge < -0.3 is 8.98 Å². The Morgan fingerprint density at radius 2 is 1.11 bits per heavy atom. The van der Waals surface area contributed by atoms with Gasteiger partial charge >= 0.3 is 0 Å². The maximum absolute atomic E-state index is 6.30. The summed E-state index contributed by atoms with van der Waals surface area (Å²) in [6.07, 6.45) is 0. The third-order valence-corrected chi connectivity index (χ3v) is 10.4. The second-order valence-corrected chi connectivity index (χ2v) is 13.1. The normalized spacial score (nSPS) is 11.8. The van der Waals surface area contributed by atoms with Crippen molar-refractivity contribution in [2.75, 3.05) is 0 Å². The zero-order valence-electron chi connectivity index (χ0n) is 25.2. The molecule has 220 valence electrons. The summed E-state index contributed by atoms with van der Waals surface area (Å²) in [7, 11) is 0. The number of hydrogen-bond donors (Lipinski definition) is 0. The summed E-state index contributed by atoms with van der Waals surface area (Å²) < 4.78 is 11.2. The summed E-state index contributed by atoms with van der Waals surface area (Å²) >= 11 is 1.80. The zero-order chi connectivity index (χ0) is 30.9. The van der Waals surface area contributed by atoms with Crippen LogP contribution in [-0.2, 0) is 0 Å². The van der Waals surface area contributed by atoms with E-state index in [0.29, 0.717) is 5.89 Å². The largest absolute Gasteiger partial charge is 0.436 e. The topological polar surface area (TPSA) is 31.0 Å². The van der Waals surface area contributed by atoms with E-state index in [1.165, 1.54) is 58.7 Å². The van der Waals surface area contributed by atoms with Gasteiger partial charge in [0.2, 0.25) is 5.89 Å². The van der Waals surface area contributed by atoms with E-state index in [1.54, 1.807) is 11.3 Å². The van der Waals surface area contributed by atoms with Crippen LogP contribution in [0.5, 0.6) is 0 Å². The van der Waals surface area contributed by atoms with Crippen molar-refractivity contribution in [3.8, 4) is 39.4 Å². The quantitative estimate of drug-likeness (QED) is 0.196. The zero-order valence-corrected chi connectivity index (χ0v) is 26.0. The molecule has 10 aromatic rings. The van der Waals surface area contributed by atoms with E-state index in [0.717, 1.165) is 27.9 Å². The first kappa shape index (κ1) is 26.3. The molecule has 0 aliphatic carbocycles. The van der Waals surface area contributed by atoms with Gasteiger partial charge in [-0.3, -0.25) is 0 Å². The van der Waals surface area contributed by atoms with Crippen LogP contribution in [0.4, 0.5) is 0 Å². The fraction of sp³-hybridized carbons (Fsp3) is 0. The Balaban J connectivity index is 1.03. The monoisotopic (exact) mass is 618 g/mol. The van der Waals surface area contributed by atoms with Crippen molar-refractivity contribution in [1.29, 1.82) is 0 Å². The standard InChI is InChI=1S/C43H26N2OS/c1-2-8-27(9-3-1)28-18-21-32(22-19-28)45-36-12-6-4-10-33(36)35-26-31(20-23-37(35)45)29-14-16-30(17-15-29)43-44-42-38(46-43)24-25-40-41(42)34-11-5-7-13-39(34)47-40/h1-26H. The van der Waals surface area contributed by atoms with Gasteiger partial charge in [0.1, 0.15) is 5.52 Å². The van der Waals surface area contributed by atoms with Crippen LogP contribution < -0.4 is 0 Å². The van der Waals surface area contributed by atoms with Crippen LogP contribution in [0, 0.1) is 0 Å². The van der Waals surface area contributed by atoms with E-state index in [9.17, 15) is 0 Å². The second kappa shape index (κ2) is 10.3. The molecule has 47 heavy (non-hydrogen) atoms. The van der Waals surface area contributed by atoms with Gasteiger partial charge in [0, 0.05) is 42.2 Å². The van der Waals surface area contributed by atoms with Gasteiger partial charge in [-0.2, -0.15) is 0 Å². The fourth-order valence-electron chi connectivity index (χ4n) is 6.99. The summed E-state index contributed by atoms with van der Waals surface area (Å²) in [5.41, 5.74) is 11.0. The van der Waals surface area contributed by atoms with Crippen molar-refractivity contribution >= 4 is 64.4 Å². The molecular formula is C43H26N2OS. The Morgan fingerprint density at radius 3 is 1.96 bits per heavy atom. The molecule has 10 rings (SSSR count). The highest BCUT2D eigenvalue weighted by Gasteiger charge is 2.16. The van der Waals surface area contributed by atoms with E-state index >= 15 is 0 Å². The summed E-state index contributed by atoms with van der Waals surface area (Å²) in [6, 6.07) is 56.1. The smallest absolute Gasteiger partial charge is 0.227 e. The second-order valence-electron chi connectivity index (χ2n) is 12.0.